The number of likely N-dealkylation sites (N-methyl/N-ethyl adjacent to an activating group) is 1. The lowest BCUT2D eigenvalue weighted by Crippen LogP contribution is -2.56. The van der Waals surface area contributed by atoms with E-state index in [-0.39, 0.29) is 18.5 Å². The second-order valence-corrected chi connectivity index (χ2v) is 8.95. The van der Waals surface area contributed by atoms with Crippen LogP contribution in [0, 0.1) is 6.92 Å². The van der Waals surface area contributed by atoms with Crippen molar-refractivity contribution in [2.45, 2.75) is 26.3 Å². The van der Waals surface area contributed by atoms with E-state index < -0.39 is 11.8 Å². The average molecular weight is 497 g/mol. The highest BCUT2D eigenvalue weighted by Crippen LogP contribution is 2.33. The van der Waals surface area contributed by atoms with E-state index in [1.807, 2.05) is 62.4 Å². The van der Waals surface area contributed by atoms with Crippen LogP contribution in [0.15, 0.2) is 58.1 Å². The van der Waals surface area contributed by atoms with Crippen molar-refractivity contribution in [2.75, 3.05) is 26.2 Å². The molecule has 0 saturated carbocycles. The van der Waals surface area contributed by atoms with Crippen molar-refractivity contribution in [3.8, 4) is 0 Å². The van der Waals surface area contributed by atoms with Gasteiger partial charge in [0.15, 0.2) is 0 Å². The fourth-order valence-corrected chi connectivity index (χ4v) is 4.27. The van der Waals surface area contributed by atoms with Crippen molar-refractivity contribution < 1.29 is 14.4 Å². The summed E-state index contributed by atoms with van der Waals surface area (Å²) >= 11 is 3.45. The van der Waals surface area contributed by atoms with Gasteiger partial charge in [-0.05, 0) is 37.1 Å². The molecule has 0 spiro atoms. The molecule has 0 unspecified atom stereocenters. The fourth-order valence-electron chi connectivity index (χ4n) is 4.01. The van der Waals surface area contributed by atoms with E-state index in [9.17, 15) is 14.4 Å². The van der Waals surface area contributed by atoms with Crippen molar-refractivity contribution in [1.29, 1.82) is 0 Å². The maximum Gasteiger partial charge on any atom is 0.312 e. The van der Waals surface area contributed by atoms with Gasteiger partial charge in [-0.25, -0.2) is 5.01 Å². The standard InChI is InChI=1S/C24H25BrN4O3/c1-3-27-12-13-28(24(32)23(27)31)15-22(30)29-21(18-6-4-16(2)5-7-18)14-20(26-29)17-8-10-19(25)11-9-17/h4-11,21H,3,12-15H2,1-2H3/t21-/m0/s1. The van der Waals surface area contributed by atoms with Crippen molar-refractivity contribution in [2.24, 2.45) is 5.10 Å². The van der Waals surface area contributed by atoms with E-state index in [0.717, 1.165) is 26.9 Å². The molecule has 1 atom stereocenters. The van der Waals surface area contributed by atoms with Crippen LogP contribution in [0.5, 0.6) is 0 Å². The third-order valence-electron chi connectivity index (χ3n) is 5.91. The molecule has 2 aromatic rings. The first-order valence-electron chi connectivity index (χ1n) is 10.7. The lowest BCUT2D eigenvalue weighted by Gasteiger charge is -2.33. The average Bonchev–Trinajstić information content (AvgIpc) is 3.24. The summed E-state index contributed by atoms with van der Waals surface area (Å²) in [6.45, 7) is 4.94. The van der Waals surface area contributed by atoms with Crippen LogP contribution < -0.4 is 0 Å². The fraction of sp³-hybridized carbons (Fsp3) is 0.333. The van der Waals surface area contributed by atoms with Crippen LogP contribution in [-0.2, 0) is 14.4 Å². The molecule has 2 heterocycles. The number of hydrogen-bond acceptors (Lipinski definition) is 4. The van der Waals surface area contributed by atoms with Crippen LogP contribution in [-0.4, -0.2) is 64.4 Å². The molecular weight excluding hydrogens is 472 g/mol. The molecule has 7 nitrogen and oxygen atoms in total. The maximum atomic E-state index is 13.3. The normalized spacial score (nSPS) is 18.9. The van der Waals surface area contributed by atoms with Gasteiger partial charge in [-0.15, -0.1) is 0 Å². The van der Waals surface area contributed by atoms with E-state index in [1.165, 1.54) is 14.8 Å². The molecule has 4 rings (SSSR count). The Labute approximate surface area is 195 Å². The number of halogens is 1. The summed E-state index contributed by atoms with van der Waals surface area (Å²) < 4.78 is 0.970. The molecule has 166 valence electrons. The summed E-state index contributed by atoms with van der Waals surface area (Å²) in [7, 11) is 0. The molecule has 2 aliphatic rings. The van der Waals surface area contributed by atoms with Gasteiger partial charge in [0.1, 0.15) is 6.54 Å². The third kappa shape index (κ3) is 4.46. The Balaban J connectivity index is 1.59. The van der Waals surface area contributed by atoms with Crippen molar-refractivity contribution in [3.63, 3.8) is 0 Å². The first-order chi connectivity index (χ1) is 15.4. The predicted octanol–water partition coefficient (Wildman–Crippen LogP) is 3.13. The number of aryl methyl sites for hydroxylation is 1. The van der Waals surface area contributed by atoms with Gasteiger partial charge in [0.25, 0.3) is 5.91 Å². The molecule has 2 aromatic carbocycles. The number of rotatable bonds is 5. The molecule has 1 fully saturated rings. The zero-order chi connectivity index (χ0) is 22.8. The molecule has 8 heteroatoms. The first kappa shape index (κ1) is 22.2. The number of piperazine rings is 1. The molecule has 0 radical (unpaired) electrons. The molecule has 0 bridgehead atoms. The predicted molar refractivity (Wildman–Crippen MR) is 125 cm³/mol. The largest absolute Gasteiger partial charge is 0.333 e. The van der Waals surface area contributed by atoms with Gasteiger partial charge in [0.05, 0.1) is 11.8 Å². The highest BCUT2D eigenvalue weighted by Gasteiger charge is 2.37. The number of nitrogens with zero attached hydrogens (tertiary/aromatic N) is 4. The summed E-state index contributed by atoms with van der Waals surface area (Å²) in [5.41, 5.74) is 3.88. The Morgan fingerprint density at radius 2 is 1.62 bits per heavy atom. The number of carbonyl (C=O) groups excluding carboxylic acids is 3. The monoisotopic (exact) mass is 496 g/mol. The zero-order valence-electron chi connectivity index (χ0n) is 18.1. The minimum atomic E-state index is -0.630. The van der Waals surface area contributed by atoms with Gasteiger partial charge in [-0.3, -0.25) is 14.4 Å². The molecule has 0 N–H and O–H groups in total. The van der Waals surface area contributed by atoms with E-state index >= 15 is 0 Å². The third-order valence-corrected chi connectivity index (χ3v) is 6.44. The van der Waals surface area contributed by atoms with Crippen molar-refractivity contribution in [3.05, 3.63) is 69.7 Å². The Bertz CT molecular complexity index is 1070. The van der Waals surface area contributed by atoms with E-state index in [1.54, 1.807) is 0 Å². The zero-order valence-corrected chi connectivity index (χ0v) is 19.7. The summed E-state index contributed by atoms with van der Waals surface area (Å²) in [5, 5.41) is 6.14. The molecule has 3 amide bonds. The van der Waals surface area contributed by atoms with Crippen LogP contribution in [0.1, 0.15) is 36.1 Å². The number of amides is 3. The molecule has 0 aliphatic carbocycles. The van der Waals surface area contributed by atoms with E-state index in [4.69, 9.17) is 0 Å². The summed E-state index contributed by atoms with van der Waals surface area (Å²) in [5.74, 6) is -1.48. The van der Waals surface area contributed by atoms with Gasteiger partial charge < -0.3 is 9.80 Å². The van der Waals surface area contributed by atoms with Crippen LogP contribution in [0.4, 0.5) is 0 Å². The maximum absolute atomic E-state index is 13.3. The Morgan fingerprint density at radius 3 is 2.28 bits per heavy atom. The highest BCUT2D eigenvalue weighted by molar-refractivity contribution is 9.10. The quantitative estimate of drug-likeness (QED) is 0.596. The van der Waals surface area contributed by atoms with Crippen LogP contribution in [0.2, 0.25) is 0 Å². The van der Waals surface area contributed by atoms with Crippen molar-refractivity contribution in [1.82, 2.24) is 14.8 Å². The number of benzene rings is 2. The van der Waals surface area contributed by atoms with Crippen LogP contribution >= 0.6 is 15.9 Å². The van der Waals surface area contributed by atoms with E-state index in [0.29, 0.717) is 26.1 Å². The first-order valence-corrected chi connectivity index (χ1v) is 11.5. The Morgan fingerprint density at radius 1 is 1.00 bits per heavy atom. The Kier molecular flexibility index (Phi) is 6.41. The van der Waals surface area contributed by atoms with Gasteiger partial charge in [0.2, 0.25) is 0 Å². The van der Waals surface area contributed by atoms with Crippen LogP contribution in [0.25, 0.3) is 0 Å². The smallest absolute Gasteiger partial charge is 0.312 e. The summed E-state index contributed by atoms with van der Waals surface area (Å²) in [6.07, 6.45) is 0.576. The van der Waals surface area contributed by atoms with Crippen molar-refractivity contribution >= 4 is 39.4 Å². The number of carbonyl (C=O) groups is 3. The number of hydrazone groups is 1. The Hall–Kier alpha value is -3.00. The highest BCUT2D eigenvalue weighted by atomic mass is 79.9. The minimum absolute atomic E-state index is 0.165. The molecule has 2 aliphatic heterocycles. The summed E-state index contributed by atoms with van der Waals surface area (Å²) in [6, 6.07) is 15.6. The minimum Gasteiger partial charge on any atom is -0.333 e. The lowest BCUT2D eigenvalue weighted by molar-refractivity contribution is -0.157. The van der Waals surface area contributed by atoms with Crippen LogP contribution in [0.3, 0.4) is 0 Å². The molecular formula is C24H25BrN4O3. The second-order valence-electron chi connectivity index (χ2n) is 8.03. The molecule has 0 aromatic heterocycles. The van der Waals surface area contributed by atoms with Gasteiger partial charge in [-0.1, -0.05) is 57.9 Å². The topological polar surface area (TPSA) is 73.3 Å². The van der Waals surface area contributed by atoms with Gasteiger partial charge >= 0.3 is 11.8 Å². The SMILES string of the molecule is CCN1CCN(CC(=O)N2N=C(c3ccc(Br)cc3)C[C@H]2c2ccc(C)cc2)C(=O)C1=O. The van der Waals surface area contributed by atoms with Gasteiger partial charge in [0, 0.05) is 30.5 Å². The lowest BCUT2D eigenvalue weighted by atomic mass is 9.97. The second kappa shape index (κ2) is 9.24. The molecule has 1 saturated heterocycles. The number of hydrogen-bond donors (Lipinski definition) is 0. The molecule has 32 heavy (non-hydrogen) atoms. The summed E-state index contributed by atoms with van der Waals surface area (Å²) in [4.78, 5) is 40.8. The van der Waals surface area contributed by atoms with Gasteiger partial charge in [-0.2, -0.15) is 5.10 Å². The van der Waals surface area contributed by atoms with E-state index in [2.05, 4.69) is 21.0 Å².